The van der Waals surface area contributed by atoms with Gasteiger partial charge in [0, 0.05) is 11.6 Å². The minimum Gasteiger partial charge on any atom is -0.446 e. The molecule has 1 fully saturated rings. The Morgan fingerprint density at radius 2 is 2.00 bits per heavy atom. The molecule has 1 rings (SSSR count). The van der Waals surface area contributed by atoms with Gasteiger partial charge in [0.05, 0.1) is 0 Å². The van der Waals surface area contributed by atoms with Crippen molar-refractivity contribution in [2.45, 2.75) is 51.3 Å². The van der Waals surface area contributed by atoms with Crippen LogP contribution in [0.2, 0.25) is 0 Å². The minimum absolute atomic E-state index is 0.0253. The second-order valence-corrected chi connectivity index (χ2v) is 4.63. The van der Waals surface area contributed by atoms with Crippen molar-refractivity contribution in [1.29, 1.82) is 0 Å². The fourth-order valence-electron chi connectivity index (χ4n) is 1.19. The number of ether oxygens (including phenoxy) is 1. The Morgan fingerprint density at radius 3 is 2.38 bits per heavy atom. The van der Waals surface area contributed by atoms with Crippen LogP contribution in [-0.4, -0.2) is 23.8 Å². The summed E-state index contributed by atoms with van der Waals surface area (Å²) in [6, 6.07) is 0.215. The molecule has 1 amide bonds. The first kappa shape index (κ1) is 10.3. The largest absolute Gasteiger partial charge is 0.446 e. The fraction of sp³-hybridized carbons (Fsp3) is 0.889. The van der Waals surface area contributed by atoms with Crippen LogP contribution in [0.15, 0.2) is 0 Å². The van der Waals surface area contributed by atoms with E-state index in [4.69, 9.17) is 10.5 Å². The summed E-state index contributed by atoms with van der Waals surface area (Å²) < 4.78 is 5.10. The lowest BCUT2D eigenvalue weighted by atomic mass is 9.90. The summed E-state index contributed by atoms with van der Waals surface area (Å²) in [6.45, 7) is 5.75. The highest BCUT2D eigenvalue weighted by Gasteiger charge is 2.30. The van der Waals surface area contributed by atoms with Gasteiger partial charge in [-0.1, -0.05) is 0 Å². The van der Waals surface area contributed by atoms with E-state index in [9.17, 15) is 4.79 Å². The zero-order valence-electron chi connectivity index (χ0n) is 8.46. The highest BCUT2D eigenvalue weighted by molar-refractivity contribution is 5.68. The smallest absolute Gasteiger partial charge is 0.407 e. The number of carbonyl (C=O) groups is 1. The number of hydrogen-bond acceptors (Lipinski definition) is 3. The first-order valence-corrected chi connectivity index (χ1v) is 4.61. The normalized spacial score (nSPS) is 27.7. The van der Waals surface area contributed by atoms with E-state index in [-0.39, 0.29) is 23.8 Å². The van der Waals surface area contributed by atoms with Crippen LogP contribution in [0.3, 0.4) is 0 Å². The summed E-state index contributed by atoms with van der Waals surface area (Å²) in [5.41, 5.74) is 5.33. The summed E-state index contributed by atoms with van der Waals surface area (Å²) in [6.07, 6.45) is 1.26. The van der Waals surface area contributed by atoms with E-state index in [1.807, 2.05) is 20.8 Å². The van der Waals surface area contributed by atoms with Crippen molar-refractivity contribution in [2.75, 3.05) is 0 Å². The number of nitrogens with one attached hydrogen (secondary N) is 1. The molecule has 0 unspecified atom stereocenters. The van der Waals surface area contributed by atoms with Crippen molar-refractivity contribution in [3.8, 4) is 0 Å². The van der Waals surface area contributed by atoms with Crippen LogP contribution >= 0.6 is 0 Å². The second-order valence-electron chi connectivity index (χ2n) is 4.63. The van der Waals surface area contributed by atoms with E-state index in [1.54, 1.807) is 0 Å². The van der Waals surface area contributed by atoms with Crippen LogP contribution in [0, 0.1) is 0 Å². The van der Waals surface area contributed by atoms with E-state index in [0.717, 1.165) is 12.8 Å². The maximum absolute atomic E-state index is 11.2. The molecular formula is C9H18N2O2. The summed E-state index contributed by atoms with van der Waals surface area (Å²) in [7, 11) is 0. The molecule has 13 heavy (non-hydrogen) atoms. The third-order valence-corrected chi connectivity index (χ3v) is 1.88. The van der Waals surface area contributed by atoms with Crippen molar-refractivity contribution < 1.29 is 9.53 Å². The molecule has 0 spiro atoms. The highest BCUT2D eigenvalue weighted by atomic mass is 16.6. The van der Waals surface area contributed by atoms with Crippen LogP contribution < -0.4 is 11.1 Å². The van der Waals surface area contributed by atoms with Gasteiger partial charge in [0.2, 0.25) is 0 Å². The third-order valence-electron chi connectivity index (χ3n) is 1.88. The van der Waals surface area contributed by atoms with Crippen molar-refractivity contribution in [1.82, 2.24) is 5.32 Å². The molecule has 4 heteroatoms. The van der Waals surface area contributed by atoms with E-state index >= 15 is 0 Å². The topological polar surface area (TPSA) is 64.3 Å². The summed E-state index contributed by atoms with van der Waals surface area (Å²) >= 11 is 0. The molecule has 0 atom stereocenters. The molecule has 1 saturated carbocycles. The molecule has 0 bridgehead atoms. The maximum Gasteiger partial charge on any atom is 0.407 e. The standard InChI is InChI=1S/C9H18N2O2/c1-9(2,3)11-8(12)13-7-4-6(10)5-7/h6-7H,4-5,10H2,1-3H3,(H,11,12)/t6-,7-. The molecule has 3 N–H and O–H groups in total. The Hall–Kier alpha value is -0.770. The van der Waals surface area contributed by atoms with Crippen LogP contribution in [0.25, 0.3) is 0 Å². The minimum atomic E-state index is -0.343. The molecule has 0 saturated heterocycles. The number of amides is 1. The van der Waals surface area contributed by atoms with Gasteiger partial charge in [-0.15, -0.1) is 0 Å². The van der Waals surface area contributed by atoms with E-state index in [0.29, 0.717) is 0 Å². The molecule has 0 aromatic rings. The second kappa shape index (κ2) is 3.54. The highest BCUT2D eigenvalue weighted by Crippen LogP contribution is 2.21. The Bertz CT molecular complexity index is 192. The predicted molar refractivity (Wildman–Crippen MR) is 50.4 cm³/mol. The quantitative estimate of drug-likeness (QED) is 0.642. The molecule has 1 aliphatic rings. The van der Waals surface area contributed by atoms with Gasteiger partial charge in [0.15, 0.2) is 0 Å². The lowest BCUT2D eigenvalue weighted by Gasteiger charge is -2.32. The summed E-state index contributed by atoms with van der Waals surface area (Å²) in [5, 5.41) is 2.73. The molecule has 0 heterocycles. The van der Waals surface area contributed by atoms with Gasteiger partial charge in [-0.2, -0.15) is 0 Å². The Kier molecular flexibility index (Phi) is 2.81. The third kappa shape index (κ3) is 3.63. The molecule has 76 valence electrons. The Labute approximate surface area is 78.8 Å². The number of alkyl carbamates (subject to hydrolysis) is 1. The fourth-order valence-corrected chi connectivity index (χ4v) is 1.19. The van der Waals surface area contributed by atoms with Gasteiger partial charge >= 0.3 is 6.09 Å². The number of nitrogens with two attached hydrogens (primary N) is 1. The average Bonchev–Trinajstić information content (AvgIpc) is 1.79. The van der Waals surface area contributed by atoms with Crippen molar-refractivity contribution in [3.05, 3.63) is 0 Å². The number of rotatable bonds is 1. The first-order valence-electron chi connectivity index (χ1n) is 4.61. The zero-order chi connectivity index (χ0) is 10.1. The van der Waals surface area contributed by atoms with Gasteiger partial charge in [-0.3, -0.25) is 0 Å². The van der Waals surface area contributed by atoms with Crippen LogP contribution in [0.1, 0.15) is 33.6 Å². The molecule has 1 aliphatic carbocycles. The van der Waals surface area contributed by atoms with Gasteiger partial charge in [-0.05, 0) is 33.6 Å². The van der Waals surface area contributed by atoms with Gasteiger partial charge in [-0.25, -0.2) is 4.79 Å². The summed E-state index contributed by atoms with van der Waals surface area (Å²) in [5.74, 6) is 0. The van der Waals surface area contributed by atoms with Gasteiger partial charge in [0.1, 0.15) is 6.10 Å². The van der Waals surface area contributed by atoms with Crippen molar-refractivity contribution in [3.63, 3.8) is 0 Å². The predicted octanol–water partition coefficient (Wildman–Crippen LogP) is 1.00. The molecule has 0 radical (unpaired) electrons. The molecule has 4 nitrogen and oxygen atoms in total. The summed E-state index contributed by atoms with van der Waals surface area (Å²) in [4.78, 5) is 11.2. The van der Waals surface area contributed by atoms with Crippen molar-refractivity contribution >= 4 is 6.09 Å². The van der Waals surface area contributed by atoms with Gasteiger partial charge < -0.3 is 15.8 Å². The Balaban J connectivity index is 2.19. The average molecular weight is 186 g/mol. The SMILES string of the molecule is CC(C)(C)NC(=O)O[C@H]1C[C@H](N)C1. The van der Waals surface area contributed by atoms with E-state index < -0.39 is 0 Å². The number of carbonyl (C=O) groups excluding carboxylic acids is 1. The monoisotopic (exact) mass is 186 g/mol. The van der Waals surface area contributed by atoms with Gasteiger partial charge in [0.25, 0.3) is 0 Å². The molecule has 0 aromatic heterocycles. The van der Waals surface area contributed by atoms with Crippen LogP contribution in [-0.2, 0) is 4.74 Å². The lowest BCUT2D eigenvalue weighted by Crippen LogP contribution is -2.47. The lowest BCUT2D eigenvalue weighted by molar-refractivity contribution is 0.0375. The Morgan fingerprint density at radius 1 is 1.46 bits per heavy atom. The molecule has 0 aliphatic heterocycles. The maximum atomic E-state index is 11.2. The molecule has 0 aromatic carbocycles. The first-order chi connectivity index (χ1) is 5.87. The van der Waals surface area contributed by atoms with Crippen LogP contribution in [0.5, 0.6) is 0 Å². The molecular weight excluding hydrogens is 168 g/mol. The van der Waals surface area contributed by atoms with Crippen LogP contribution in [0.4, 0.5) is 4.79 Å². The van der Waals surface area contributed by atoms with E-state index in [1.165, 1.54) is 0 Å². The zero-order valence-corrected chi connectivity index (χ0v) is 8.46. The van der Waals surface area contributed by atoms with Crippen molar-refractivity contribution in [2.24, 2.45) is 5.73 Å². The van der Waals surface area contributed by atoms with E-state index in [2.05, 4.69) is 5.32 Å². The number of hydrogen-bond donors (Lipinski definition) is 2.